The van der Waals surface area contributed by atoms with E-state index in [2.05, 4.69) is 4.98 Å². The molecule has 21 heavy (non-hydrogen) atoms. The van der Waals surface area contributed by atoms with Crippen LogP contribution in [-0.4, -0.2) is 21.3 Å². The summed E-state index contributed by atoms with van der Waals surface area (Å²) in [5, 5.41) is 9.73. The van der Waals surface area contributed by atoms with E-state index in [1.165, 1.54) is 0 Å². The first kappa shape index (κ1) is 12.2. The summed E-state index contributed by atoms with van der Waals surface area (Å²) in [6.45, 7) is 2.19. The van der Waals surface area contributed by atoms with E-state index < -0.39 is 0 Å². The second kappa shape index (κ2) is 4.49. The number of pyridine rings is 1. The van der Waals surface area contributed by atoms with Gasteiger partial charge in [-0.05, 0) is 36.8 Å². The lowest BCUT2D eigenvalue weighted by Crippen LogP contribution is -1.94. The number of benzene rings is 1. The molecular formula is C16H14N2O3. The molecular weight excluding hydrogens is 268 g/mol. The minimum absolute atomic E-state index is 0.0750. The van der Waals surface area contributed by atoms with Crippen LogP contribution < -0.4 is 9.47 Å². The van der Waals surface area contributed by atoms with Crippen LogP contribution in [0.1, 0.15) is 11.3 Å². The summed E-state index contributed by atoms with van der Waals surface area (Å²) in [5.74, 6) is 1.45. The Hall–Kier alpha value is -2.53. The van der Waals surface area contributed by atoms with Crippen molar-refractivity contribution in [3.05, 3.63) is 47.8 Å². The number of hydrogen-bond acceptors (Lipinski definition) is 4. The molecule has 0 radical (unpaired) electrons. The molecule has 0 fully saturated rings. The number of rotatable bonds is 2. The Labute approximate surface area is 121 Å². The van der Waals surface area contributed by atoms with Gasteiger partial charge in [-0.3, -0.25) is 0 Å². The Morgan fingerprint density at radius 1 is 1.19 bits per heavy atom. The summed E-state index contributed by atoms with van der Waals surface area (Å²) < 4.78 is 12.7. The highest BCUT2D eigenvalue weighted by Crippen LogP contribution is 2.36. The van der Waals surface area contributed by atoms with Crippen LogP contribution in [0.3, 0.4) is 0 Å². The lowest BCUT2D eigenvalue weighted by molar-refractivity contribution is 0.174. The van der Waals surface area contributed by atoms with Gasteiger partial charge < -0.3 is 19.0 Å². The maximum atomic E-state index is 9.73. The SMILES string of the molecule is Cc1ccc2nc(-c3ccc4c(c3)OCO4)c(CO)n2c1. The quantitative estimate of drug-likeness (QED) is 0.784. The monoisotopic (exact) mass is 282 g/mol. The predicted octanol–water partition coefficient (Wildman–Crippen LogP) is 2.53. The first-order valence-electron chi connectivity index (χ1n) is 6.75. The molecule has 5 nitrogen and oxygen atoms in total. The number of imidazole rings is 1. The number of aromatic nitrogens is 2. The molecule has 0 saturated heterocycles. The van der Waals surface area contributed by atoms with Crippen LogP contribution in [0, 0.1) is 6.92 Å². The van der Waals surface area contributed by atoms with Crippen molar-refractivity contribution in [1.82, 2.24) is 9.38 Å². The Morgan fingerprint density at radius 3 is 2.90 bits per heavy atom. The topological polar surface area (TPSA) is 56.0 Å². The third-order valence-corrected chi connectivity index (χ3v) is 3.66. The van der Waals surface area contributed by atoms with Gasteiger partial charge in [0.25, 0.3) is 0 Å². The average Bonchev–Trinajstić information content (AvgIpc) is 3.09. The summed E-state index contributed by atoms with van der Waals surface area (Å²) in [4.78, 5) is 4.63. The van der Waals surface area contributed by atoms with Gasteiger partial charge in [0, 0.05) is 11.8 Å². The zero-order valence-corrected chi connectivity index (χ0v) is 11.5. The molecule has 106 valence electrons. The molecule has 3 heterocycles. The molecule has 0 spiro atoms. The van der Waals surface area contributed by atoms with Crippen LogP contribution in [0.25, 0.3) is 16.9 Å². The molecule has 5 heteroatoms. The molecule has 0 unspecified atom stereocenters. The molecule has 1 N–H and O–H groups in total. The Kier molecular flexibility index (Phi) is 2.62. The zero-order chi connectivity index (χ0) is 14.4. The number of nitrogens with zero attached hydrogens (tertiary/aromatic N) is 2. The van der Waals surface area contributed by atoms with Crippen LogP contribution in [-0.2, 0) is 6.61 Å². The normalized spacial score (nSPS) is 13.0. The van der Waals surface area contributed by atoms with E-state index in [0.29, 0.717) is 5.75 Å². The fourth-order valence-electron chi connectivity index (χ4n) is 2.63. The number of aliphatic hydroxyl groups excluding tert-OH is 1. The maximum Gasteiger partial charge on any atom is 0.231 e. The Balaban J connectivity index is 1.93. The molecule has 4 rings (SSSR count). The largest absolute Gasteiger partial charge is 0.454 e. The predicted molar refractivity (Wildman–Crippen MR) is 77.4 cm³/mol. The lowest BCUT2D eigenvalue weighted by atomic mass is 10.1. The highest BCUT2D eigenvalue weighted by Gasteiger charge is 2.18. The second-order valence-corrected chi connectivity index (χ2v) is 5.07. The number of aryl methyl sites for hydroxylation is 1. The van der Waals surface area contributed by atoms with Gasteiger partial charge in [0.1, 0.15) is 5.65 Å². The molecule has 1 aliphatic heterocycles. The average molecular weight is 282 g/mol. The third-order valence-electron chi connectivity index (χ3n) is 3.66. The summed E-state index contributed by atoms with van der Waals surface area (Å²) in [6, 6.07) is 9.66. The molecule has 1 aromatic carbocycles. The summed E-state index contributed by atoms with van der Waals surface area (Å²) in [7, 11) is 0. The summed E-state index contributed by atoms with van der Waals surface area (Å²) >= 11 is 0. The molecule has 0 atom stereocenters. The van der Waals surface area contributed by atoms with Gasteiger partial charge in [-0.2, -0.15) is 0 Å². The zero-order valence-electron chi connectivity index (χ0n) is 11.5. The van der Waals surface area contributed by atoms with E-state index in [1.54, 1.807) is 0 Å². The molecule has 0 saturated carbocycles. The van der Waals surface area contributed by atoms with Crippen molar-refractivity contribution in [3.8, 4) is 22.8 Å². The van der Waals surface area contributed by atoms with Crippen molar-refractivity contribution in [1.29, 1.82) is 0 Å². The van der Waals surface area contributed by atoms with Gasteiger partial charge in [0.2, 0.25) is 6.79 Å². The third kappa shape index (κ3) is 1.86. The van der Waals surface area contributed by atoms with E-state index in [0.717, 1.165) is 33.9 Å². The molecule has 0 bridgehead atoms. The first-order chi connectivity index (χ1) is 10.3. The van der Waals surface area contributed by atoms with Gasteiger partial charge >= 0.3 is 0 Å². The van der Waals surface area contributed by atoms with Gasteiger partial charge in [-0.25, -0.2) is 4.98 Å². The highest BCUT2D eigenvalue weighted by molar-refractivity contribution is 5.69. The minimum Gasteiger partial charge on any atom is -0.454 e. The van der Waals surface area contributed by atoms with E-state index in [4.69, 9.17) is 9.47 Å². The van der Waals surface area contributed by atoms with Crippen LogP contribution >= 0.6 is 0 Å². The van der Waals surface area contributed by atoms with E-state index >= 15 is 0 Å². The fourth-order valence-corrected chi connectivity index (χ4v) is 2.63. The van der Waals surface area contributed by atoms with E-state index in [9.17, 15) is 5.11 Å². The van der Waals surface area contributed by atoms with Crippen LogP contribution in [0.2, 0.25) is 0 Å². The summed E-state index contributed by atoms with van der Waals surface area (Å²) in [5.41, 5.74) is 4.38. The van der Waals surface area contributed by atoms with Gasteiger partial charge in [-0.1, -0.05) is 6.07 Å². The van der Waals surface area contributed by atoms with Crippen LogP contribution in [0.15, 0.2) is 36.5 Å². The van der Waals surface area contributed by atoms with E-state index in [1.807, 2.05) is 47.9 Å². The molecule has 2 aromatic heterocycles. The van der Waals surface area contributed by atoms with Crippen LogP contribution in [0.5, 0.6) is 11.5 Å². The molecule has 0 aliphatic carbocycles. The fraction of sp³-hybridized carbons (Fsp3) is 0.188. The van der Waals surface area contributed by atoms with Gasteiger partial charge in [0.05, 0.1) is 18.0 Å². The van der Waals surface area contributed by atoms with Crippen molar-refractivity contribution in [2.24, 2.45) is 0 Å². The smallest absolute Gasteiger partial charge is 0.231 e. The maximum absolute atomic E-state index is 9.73. The lowest BCUT2D eigenvalue weighted by Gasteiger charge is -2.03. The van der Waals surface area contributed by atoms with Crippen molar-refractivity contribution >= 4 is 5.65 Å². The van der Waals surface area contributed by atoms with Gasteiger partial charge in [0.15, 0.2) is 11.5 Å². The van der Waals surface area contributed by atoms with Gasteiger partial charge in [-0.15, -0.1) is 0 Å². The first-order valence-corrected chi connectivity index (χ1v) is 6.75. The standard InChI is InChI=1S/C16H14N2O3/c1-10-2-5-15-17-16(12(8-19)18(15)7-10)11-3-4-13-14(6-11)21-9-20-13/h2-7,19H,8-9H2,1H3. The van der Waals surface area contributed by atoms with Crippen molar-refractivity contribution < 1.29 is 14.6 Å². The summed E-state index contributed by atoms with van der Waals surface area (Å²) in [6.07, 6.45) is 1.98. The number of aliphatic hydroxyl groups is 1. The second-order valence-electron chi connectivity index (χ2n) is 5.07. The molecule has 1 aliphatic rings. The number of hydrogen-bond donors (Lipinski definition) is 1. The highest BCUT2D eigenvalue weighted by atomic mass is 16.7. The van der Waals surface area contributed by atoms with Crippen molar-refractivity contribution in [2.45, 2.75) is 13.5 Å². The van der Waals surface area contributed by atoms with E-state index in [-0.39, 0.29) is 13.4 Å². The van der Waals surface area contributed by atoms with Crippen LogP contribution in [0.4, 0.5) is 0 Å². The minimum atomic E-state index is -0.0750. The Bertz CT molecular complexity index is 839. The molecule has 0 amide bonds. The number of ether oxygens (including phenoxy) is 2. The van der Waals surface area contributed by atoms with Crippen molar-refractivity contribution in [3.63, 3.8) is 0 Å². The molecule has 3 aromatic rings. The van der Waals surface area contributed by atoms with Crippen molar-refractivity contribution in [2.75, 3.05) is 6.79 Å². The number of fused-ring (bicyclic) bond motifs is 2. The Morgan fingerprint density at radius 2 is 2.05 bits per heavy atom.